The normalized spacial score (nSPS) is 35.3. The molecule has 3 heterocycles. The standard InChI is InChI=1S/C31H54N4O3/c1-31(2,3)38-30(37)34-14-11-23(12-15-34)19-33-18-22-4-6-24(7-5-22)27-17-29(36)35(21-27)28-9-8-26-20-32-13-10-25(26)16-28/h22-28,32-33H,4-21H2,1-3H3. The number of fused-ring (bicyclic) bond motifs is 1. The Kier molecular flexibility index (Phi) is 9.24. The smallest absolute Gasteiger partial charge is 0.410 e. The lowest BCUT2D eigenvalue weighted by molar-refractivity contribution is -0.130. The summed E-state index contributed by atoms with van der Waals surface area (Å²) in [5, 5.41) is 7.34. The predicted molar refractivity (Wildman–Crippen MR) is 151 cm³/mol. The molecule has 7 heteroatoms. The number of hydrogen-bond acceptors (Lipinski definition) is 5. The molecule has 216 valence electrons. The number of hydrogen-bond donors (Lipinski definition) is 2. The van der Waals surface area contributed by atoms with Gasteiger partial charge in [-0.3, -0.25) is 4.79 Å². The van der Waals surface area contributed by atoms with Gasteiger partial charge in [-0.2, -0.15) is 0 Å². The fourth-order valence-corrected chi connectivity index (χ4v) is 8.21. The van der Waals surface area contributed by atoms with E-state index in [9.17, 15) is 9.59 Å². The zero-order chi connectivity index (χ0) is 26.7. The molecule has 0 spiro atoms. The number of likely N-dealkylation sites (tertiary alicyclic amines) is 2. The first-order chi connectivity index (χ1) is 18.2. The number of nitrogens with zero attached hydrogens (tertiary/aromatic N) is 2. The van der Waals surface area contributed by atoms with E-state index in [2.05, 4.69) is 15.5 Å². The molecule has 4 atom stereocenters. The van der Waals surface area contributed by atoms with Crippen molar-refractivity contribution in [3.05, 3.63) is 0 Å². The zero-order valence-electron chi connectivity index (χ0n) is 24.4. The quantitative estimate of drug-likeness (QED) is 0.523. The van der Waals surface area contributed by atoms with Gasteiger partial charge < -0.3 is 25.2 Å². The van der Waals surface area contributed by atoms with E-state index < -0.39 is 5.60 Å². The molecule has 38 heavy (non-hydrogen) atoms. The molecule has 3 aliphatic heterocycles. The van der Waals surface area contributed by atoms with Crippen LogP contribution < -0.4 is 10.6 Å². The van der Waals surface area contributed by atoms with Crippen molar-refractivity contribution in [2.75, 3.05) is 45.8 Å². The van der Waals surface area contributed by atoms with E-state index in [1.54, 1.807) is 0 Å². The summed E-state index contributed by atoms with van der Waals surface area (Å²) in [4.78, 5) is 29.5. The van der Waals surface area contributed by atoms with Gasteiger partial charge in [0.2, 0.25) is 5.91 Å². The molecule has 7 nitrogen and oxygen atoms in total. The van der Waals surface area contributed by atoms with Gasteiger partial charge in [-0.05, 0) is 147 Å². The van der Waals surface area contributed by atoms with Crippen molar-refractivity contribution >= 4 is 12.0 Å². The second kappa shape index (κ2) is 12.4. The molecule has 0 aromatic carbocycles. The molecule has 5 fully saturated rings. The fourth-order valence-electron chi connectivity index (χ4n) is 8.21. The third-order valence-electron chi connectivity index (χ3n) is 10.5. The minimum Gasteiger partial charge on any atom is -0.444 e. The monoisotopic (exact) mass is 530 g/mol. The lowest BCUT2D eigenvalue weighted by Crippen LogP contribution is -2.47. The number of amides is 2. The molecular weight excluding hydrogens is 476 g/mol. The highest BCUT2D eigenvalue weighted by Crippen LogP contribution is 2.42. The number of ether oxygens (including phenoxy) is 1. The maximum atomic E-state index is 13.0. The number of carbonyl (C=O) groups is 2. The Labute approximate surface area is 231 Å². The first-order valence-electron chi connectivity index (χ1n) is 15.9. The lowest BCUT2D eigenvalue weighted by atomic mass is 9.73. The van der Waals surface area contributed by atoms with Crippen LogP contribution in [0.4, 0.5) is 4.79 Å². The maximum absolute atomic E-state index is 13.0. The molecule has 5 aliphatic rings. The molecule has 0 aromatic heterocycles. The summed E-state index contributed by atoms with van der Waals surface area (Å²) < 4.78 is 5.53. The Morgan fingerprint density at radius 1 is 0.895 bits per heavy atom. The molecule has 0 bridgehead atoms. The number of carbonyl (C=O) groups excluding carboxylic acids is 2. The van der Waals surface area contributed by atoms with Crippen LogP contribution >= 0.6 is 0 Å². The average molecular weight is 531 g/mol. The van der Waals surface area contributed by atoms with Gasteiger partial charge in [0.25, 0.3) is 0 Å². The molecule has 0 aromatic rings. The van der Waals surface area contributed by atoms with Crippen molar-refractivity contribution < 1.29 is 14.3 Å². The van der Waals surface area contributed by atoms with Crippen LogP contribution in [0.15, 0.2) is 0 Å². The van der Waals surface area contributed by atoms with Crippen molar-refractivity contribution in [1.29, 1.82) is 0 Å². The molecule has 4 unspecified atom stereocenters. The fraction of sp³-hybridized carbons (Fsp3) is 0.935. The van der Waals surface area contributed by atoms with Crippen molar-refractivity contribution in [2.45, 2.75) is 103 Å². The van der Waals surface area contributed by atoms with E-state index in [0.717, 1.165) is 82.2 Å². The minimum absolute atomic E-state index is 0.165. The summed E-state index contributed by atoms with van der Waals surface area (Å²) in [6.45, 7) is 13.0. The third kappa shape index (κ3) is 7.24. The molecular formula is C31H54N4O3. The van der Waals surface area contributed by atoms with E-state index in [4.69, 9.17) is 4.74 Å². The maximum Gasteiger partial charge on any atom is 0.410 e. The molecule has 2 amide bonds. The Morgan fingerprint density at radius 3 is 2.29 bits per heavy atom. The van der Waals surface area contributed by atoms with E-state index >= 15 is 0 Å². The van der Waals surface area contributed by atoms with Crippen molar-refractivity contribution in [1.82, 2.24) is 20.4 Å². The van der Waals surface area contributed by atoms with Crippen LogP contribution in [0.3, 0.4) is 0 Å². The number of nitrogens with one attached hydrogen (secondary N) is 2. The van der Waals surface area contributed by atoms with Crippen LogP contribution in [0, 0.1) is 35.5 Å². The first kappa shape index (κ1) is 28.2. The van der Waals surface area contributed by atoms with Crippen molar-refractivity contribution in [2.24, 2.45) is 35.5 Å². The van der Waals surface area contributed by atoms with Crippen LogP contribution in [0.2, 0.25) is 0 Å². The Bertz CT molecular complexity index is 797. The predicted octanol–water partition coefficient (Wildman–Crippen LogP) is 4.66. The van der Waals surface area contributed by atoms with Crippen LogP contribution in [-0.2, 0) is 9.53 Å². The molecule has 2 N–H and O–H groups in total. The summed E-state index contributed by atoms with van der Waals surface area (Å²) in [6, 6.07) is 0.517. The van der Waals surface area contributed by atoms with Crippen molar-refractivity contribution in [3.63, 3.8) is 0 Å². The molecule has 3 saturated heterocycles. The summed E-state index contributed by atoms with van der Waals surface area (Å²) in [6.07, 6.45) is 13.1. The van der Waals surface area contributed by atoms with Gasteiger partial charge in [-0.15, -0.1) is 0 Å². The van der Waals surface area contributed by atoms with E-state index in [1.165, 1.54) is 57.9 Å². The van der Waals surface area contributed by atoms with Gasteiger partial charge in [0, 0.05) is 32.1 Å². The molecule has 2 aliphatic carbocycles. The Balaban J connectivity index is 0.968. The van der Waals surface area contributed by atoms with Gasteiger partial charge in [0.15, 0.2) is 0 Å². The second-order valence-electron chi connectivity index (χ2n) is 14.3. The van der Waals surface area contributed by atoms with E-state index in [0.29, 0.717) is 23.8 Å². The lowest BCUT2D eigenvalue weighted by Gasteiger charge is -2.42. The molecule has 5 rings (SSSR count). The van der Waals surface area contributed by atoms with Crippen LogP contribution in [0.5, 0.6) is 0 Å². The highest BCUT2D eigenvalue weighted by Gasteiger charge is 2.42. The van der Waals surface area contributed by atoms with Gasteiger partial charge in [0.1, 0.15) is 5.60 Å². The van der Waals surface area contributed by atoms with Gasteiger partial charge in [0.05, 0.1) is 0 Å². The summed E-state index contributed by atoms with van der Waals surface area (Å²) in [5.74, 6) is 4.90. The number of piperidine rings is 2. The summed E-state index contributed by atoms with van der Waals surface area (Å²) in [5.41, 5.74) is -0.423. The van der Waals surface area contributed by atoms with E-state index in [1.807, 2.05) is 25.7 Å². The highest BCUT2D eigenvalue weighted by molar-refractivity contribution is 5.79. The number of rotatable bonds is 6. The highest BCUT2D eigenvalue weighted by atomic mass is 16.6. The second-order valence-corrected chi connectivity index (χ2v) is 14.3. The van der Waals surface area contributed by atoms with Crippen LogP contribution in [-0.4, -0.2) is 79.3 Å². The largest absolute Gasteiger partial charge is 0.444 e. The SMILES string of the molecule is CC(C)(C)OC(=O)N1CCC(CNCC2CCC(C3CC(=O)N(C4CCC5CNCCC5C4)C3)CC2)CC1. The van der Waals surface area contributed by atoms with Crippen molar-refractivity contribution in [3.8, 4) is 0 Å². The topological polar surface area (TPSA) is 73.9 Å². The third-order valence-corrected chi connectivity index (χ3v) is 10.5. The van der Waals surface area contributed by atoms with Gasteiger partial charge >= 0.3 is 6.09 Å². The zero-order valence-corrected chi connectivity index (χ0v) is 24.4. The van der Waals surface area contributed by atoms with E-state index in [-0.39, 0.29) is 6.09 Å². The average Bonchev–Trinajstić information content (AvgIpc) is 3.29. The molecule has 2 saturated carbocycles. The molecule has 0 radical (unpaired) electrons. The minimum atomic E-state index is -0.423. The Hall–Kier alpha value is -1.34. The summed E-state index contributed by atoms with van der Waals surface area (Å²) >= 11 is 0. The Morgan fingerprint density at radius 2 is 1.58 bits per heavy atom. The van der Waals surface area contributed by atoms with Crippen LogP contribution in [0.25, 0.3) is 0 Å². The van der Waals surface area contributed by atoms with Gasteiger partial charge in [-0.1, -0.05) is 0 Å². The summed E-state index contributed by atoms with van der Waals surface area (Å²) in [7, 11) is 0. The van der Waals surface area contributed by atoms with Gasteiger partial charge in [-0.25, -0.2) is 4.79 Å². The van der Waals surface area contributed by atoms with Crippen LogP contribution in [0.1, 0.15) is 91.4 Å². The first-order valence-corrected chi connectivity index (χ1v) is 15.9.